The predicted molar refractivity (Wildman–Crippen MR) is 66.0 cm³/mol. The fourth-order valence-electron chi connectivity index (χ4n) is 2.11. The van der Waals surface area contributed by atoms with Gasteiger partial charge in [0.25, 0.3) is 7.47 Å². The molecule has 108 valence electrons. The van der Waals surface area contributed by atoms with Crippen LogP contribution in [-0.4, -0.2) is 68.6 Å². The van der Waals surface area contributed by atoms with E-state index in [4.69, 9.17) is 31.2 Å². The third-order valence-corrected chi connectivity index (χ3v) is 4.28. The van der Waals surface area contributed by atoms with E-state index in [9.17, 15) is 9.67 Å². The van der Waals surface area contributed by atoms with Crippen LogP contribution < -0.4 is 0 Å². The van der Waals surface area contributed by atoms with Crippen molar-refractivity contribution >= 4 is 15.0 Å². The molecular formula is C10H18BO7P. The molecule has 3 unspecified atom stereocenters. The summed E-state index contributed by atoms with van der Waals surface area (Å²) in [6.07, 6.45) is -1.23. The third-order valence-electron chi connectivity index (χ3n) is 3.20. The molecule has 19 heavy (non-hydrogen) atoms. The van der Waals surface area contributed by atoms with Gasteiger partial charge >= 0.3 is 0 Å². The Hall–Kier alpha value is 0.0549. The molecule has 2 heterocycles. The molecule has 2 fully saturated rings. The van der Waals surface area contributed by atoms with Crippen molar-refractivity contribution in [2.45, 2.75) is 37.3 Å². The predicted octanol–water partition coefficient (Wildman–Crippen LogP) is -0.404. The lowest BCUT2D eigenvalue weighted by molar-refractivity contribution is -0.00643. The molecule has 2 aliphatic rings. The topological polar surface area (TPSA) is 94.5 Å². The average Bonchev–Trinajstić information content (AvgIpc) is 2.95. The van der Waals surface area contributed by atoms with Crippen LogP contribution in [0.5, 0.6) is 0 Å². The molecule has 5 atom stereocenters. The van der Waals surface area contributed by atoms with Gasteiger partial charge in [-0.1, -0.05) is 0 Å². The minimum Gasteiger partial charge on any atom is -0.394 e. The summed E-state index contributed by atoms with van der Waals surface area (Å²) in [6, 6.07) is 0. The second-order valence-corrected chi connectivity index (χ2v) is 6.17. The van der Waals surface area contributed by atoms with Gasteiger partial charge in [0, 0.05) is 19.6 Å². The molecule has 2 N–H and O–H groups in total. The summed E-state index contributed by atoms with van der Waals surface area (Å²) in [6.45, 7) is 0.537. The maximum Gasteiger partial charge on any atom is 0.264 e. The Bertz CT molecular complexity index is 342. The summed E-state index contributed by atoms with van der Waals surface area (Å²) in [5.41, 5.74) is 0. The quantitative estimate of drug-likeness (QED) is 0.508. The largest absolute Gasteiger partial charge is 0.394 e. The number of rotatable bonds is 6. The summed E-state index contributed by atoms with van der Waals surface area (Å²) in [5.74, 6) is 0. The summed E-state index contributed by atoms with van der Waals surface area (Å²) >= 11 is 0. The van der Waals surface area contributed by atoms with Crippen LogP contribution in [0.1, 0.15) is 12.8 Å². The van der Waals surface area contributed by atoms with Crippen LogP contribution >= 0.6 is 7.47 Å². The lowest BCUT2D eigenvalue weighted by atomic mass is 10.2. The SMILES string of the molecule is [B]P(=O)(OC[C@H]1OCCC1O)OC1CCO[C@@H]1CO. The van der Waals surface area contributed by atoms with Gasteiger partial charge in [-0.2, -0.15) is 0 Å². The zero-order valence-electron chi connectivity index (χ0n) is 10.5. The number of aliphatic hydroxyl groups excluding tert-OH is 2. The zero-order valence-corrected chi connectivity index (χ0v) is 11.4. The van der Waals surface area contributed by atoms with E-state index in [1.807, 2.05) is 0 Å². The van der Waals surface area contributed by atoms with Crippen molar-refractivity contribution < 1.29 is 33.3 Å². The van der Waals surface area contributed by atoms with Crippen molar-refractivity contribution in [3.63, 3.8) is 0 Å². The van der Waals surface area contributed by atoms with Gasteiger partial charge in [-0.05, 0) is 6.42 Å². The molecule has 0 amide bonds. The Balaban J connectivity index is 1.79. The van der Waals surface area contributed by atoms with Gasteiger partial charge < -0.3 is 28.7 Å². The molecule has 0 saturated carbocycles. The third kappa shape index (κ3) is 4.26. The summed E-state index contributed by atoms with van der Waals surface area (Å²) in [7, 11) is 1.72. The summed E-state index contributed by atoms with van der Waals surface area (Å²) in [5, 5.41) is 18.6. The van der Waals surface area contributed by atoms with Crippen molar-refractivity contribution in [2.75, 3.05) is 26.4 Å². The fraction of sp³-hybridized carbons (Fsp3) is 1.00. The summed E-state index contributed by atoms with van der Waals surface area (Å²) < 4.78 is 32.6. The first kappa shape index (κ1) is 15.4. The Morgan fingerprint density at radius 3 is 2.58 bits per heavy atom. The van der Waals surface area contributed by atoms with E-state index in [0.29, 0.717) is 26.1 Å². The molecule has 0 aromatic carbocycles. The molecule has 0 aliphatic carbocycles. The fourth-order valence-corrected chi connectivity index (χ4v) is 3.15. The minimum absolute atomic E-state index is 0.0910. The Labute approximate surface area is 113 Å². The Morgan fingerprint density at radius 1 is 1.26 bits per heavy atom. The maximum absolute atomic E-state index is 12.0. The van der Waals surface area contributed by atoms with E-state index in [1.54, 1.807) is 0 Å². The zero-order chi connectivity index (χ0) is 13.9. The summed E-state index contributed by atoms with van der Waals surface area (Å²) in [4.78, 5) is 0. The first-order valence-corrected chi connectivity index (χ1v) is 7.86. The van der Waals surface area contributed by atoms with E-state index in [2.05, 4.69) is 0 Å². The highest BCUT2D eigenvalue weighted by molar-refractivity contribution is 7.79. The first-order valence-electron chi connectivity index (χ1n) is 6.25. The number of hydrogen-bond acceptors (Lipinski definition) is 7. The molecular weight excluding hydrogens is 274 g/mol. The Kier molecular flexibility index (Phi) is 5.42. The molecule has 0 spiro atoms. The highest BCUT2D eigenvalue weighted by atomic mass is 31.2. The average molecular weight is 292 g/mol. The van der Waals surface area contributed by atoms with Crippen LogP contribution in [0.2, 0.25) is 0 Å². The van der Waals surface area contributed by atoms with Crippen molar-refractivity contribution in [3.05, 3.63) is 0 Å². The minimum atomic E-state index is -3.75. The molecule has 2 aliphatic heterocycles. The maximum atomic E-state index is 12.0. The van der Waals surface area contributed by atoms with Crippen molar-refractivity contribution in [3.8, 4) is 0 Å². The van der Waals surface area contributed by atoms with E-state index < -0.39 is 31.9 Å². The smallest absolute Gasteiger partial charge is 0.264 e. The van der Waals surface area contributed by atoms with Gasteiger partial charge in [-0.15, -0.1) is 0 Å². The van der Waals surface area contributed by atoms with Gasteiger partial charge in [0.2, 0.25) is 7.57 Å². The highest BCUT2D eigenvalue weighted by Crippen LogP contribution is 2.46. The highest BCUT2D eigenvalue weighted by Gasteiger charge is 2.35. The molecule has 0 bridgehead atoms. The molecule has 9 heteroatoms. The number of ether oxygens (including phenoxy) is 2. The van der Waals surface area contributed by atoms with Crippen LogP contribution in [0.4, 0.5) is 0 Å². The van der Waals surface area contributed by atoms with Gasteiger partial charge in [0.1, 0.15) is 12.2 Å². The van der Waals surface area contributed by atoms with Crippen molar-refractivity contribution in [2.24, 2.45) is 0 Å². The standard InChI is InChI=1S/C10H18BO7P/c11-19(14,17-6-10-7(13)1-3-16-10)18-8-2-4-15-9(8)5-12/h7-10,12-13H,1-6H2/t7?,8?,9-,10-,19?/m1/s1. The van der Waals surface area contributed by atoms with Crippen LogP contribution in [0, 0.1) is 0 Å². The normalized spacial score (nSPS) is 38.4. The molecule has 2 rings (SSSR count). The van der Waals surface area contributed by atoms with E-state index in [0.717, 1.165) is 0 Å². The van der Waals surface area contributed by atoms with Gasteiger partial charge in [-0.25, -0.2) is 0 Å². The van der Waals surface area contributed by atoms with E-state index >= 15 is 0 Å². The number of hydrogen-bond donors (Lipinski definition) is 2. The molecule has 2 saturated heterocycles. The van der Waals surface area contributed by atoms with Gasteiger partial charge in [-0.3, -0.25) is 4.57 Å². The first-order chi connectivity index (χ1) is 9.02. The van der Waals surface area contributed by atoms with Crippen LogP contribution in [0.25, 0.3) is 0 Å². The van der Waals surface area contributed by atoms with Crippen LogP contribution in [0.3, 0.4) is 0 Å². The van der Waals surface area contributed by atoms with Crippen molar-refractivity contribution in [1.82, 2.24) is 0 Å². The van der Waals surface area contributed by atoms with Crippen LogP contribution in [0.15, 0.2) is 0 Å². The Morgan fingerprint density at radius 2 is 1.95 bits per heavy atom. The van der Waals surface area contributed by atoms with Gasteiger partial charge in [0.15, 0.2) is 0 Å². The van der Waals surface area contributed by atoms with E-state index in [-0.39, 0.29) is 13.2 Å². The lowest BCUT2D eigenvalue weighted by Crippen LogP contribution is -2.29. The molecule has 2 radical (unpaired) electrons. The van der Waals surface area contributed by atoms with E-state index in [1.165, 1.54) is 0 Å². The number of aliphatic hydroxyl groups is 2. The molecule has 0 aromatic rings. The molecule has 0 aromatic heterocycles. The second-order valence-electron chi connectivity index (χ2n) is 4.63. The van der Waals surface area contributed by atoms with Crippen LogP contribution in [-0.2, 0) is 23.1 Å². The second kappa shape index (κ2) is 6.67. The lowest BCUT2D eigenvalue weighted by Gasteiger charge is -2.24. The van der Waals surface area contributed by atoms with Crippen molar-refractivity contribution in [1.29, 1.82) is 0 Å². The molecule has 7 nitrogen and oxygen atoms in total. The monoisotopic (exact) mass is 292 g/mol. The van der Waals surface area contributed by atoms with Gasteiger partial charge in [0.05, 0.1) is 25.4 Å².